The van der Waals surface area contributed by atoms with Gasteiger partial charge in [-0.3, -0.25) is 8.42 Å². The fourth-order valence-electron chi connectivity index (χ4n) is 3.09. The molecule has 0 unspecified atom stereocenters. The Labute approximate surface area is 166 Å². The highest BCUT2D eigenvalue weighted by atomic mass is 32.3. The lowest BCUT2D eigenvalue weighted by atomic mass is 10.2. The van der Waals surface area contributed by atoms with Crippen molar-refractivity contribution in [3.05, 3.63) is 0 Å². The van der Waals surface area contributed by atoms with Crippen LogP contribution in [0.4, 0.5) is 0 Å². The Bertz CT molecular complexity index is 424. The van der Waals surface area contributed by atoms with Crippen LogP contribution in [0.25, 0.3) is 0 Å². The fraction of sp³-hybridized carbons (Fsp3) is 1.00. The predicted octanol–water partition coefficient (Wildman–Crippen LogP) is 1.19. The van der Waals surface area contributed by atoms with Gasteiger partial charge in [0.1, 0.15) is 26.2 Å². The molecule has 0 aromatic carbocycles. The van der Waals surface area contributed by atoms with E-state index in [-0.39, 0.29) is 0 Å². The Kier molecular flexibility index (Phi) is 13.7. The van der Waals surface area contributed by atoms with E-state index >= 15 is 0 Å². The summed E-state index contributed by atoms with van der Waals surface area (Å²) in [5, 5.41) is 0. The third-order valence-corrected chi connectivity index (χ3v) is 5.20. The highest BCUT2D eigenvalue weighted by molar-refractivity contribution is 7.79. The zero-order chi connectivity index (χ0) is 20.8. The number of morpholine rings is 2. The third-order valence-electron chi connectivity index (χ3n) is 5.20. The molecule has 27 heavy (non-hydrogen) atoms. The quantitative estimate of drug-likeness (QED) is 0.369. The van der Waals surface area contributed by atoms with Crippen molar-refractivity contribution in [1.29, 1.82) is 0 Å². The molecule has 9 heteroatoms. The Morgan fingerprint density at radius 2 is 1.00 bits per heavy atom. The number of unbranched alkanes of at least 4 members (excludes halogenated alkanes) is 2. The second-order valence-electron chi connectivity index (χ2n) is 7.92. The van der Waals surface area contributed by atoms with E-state index in [2.05, 4.69) is 27.9 Å². The summed E-state index contributed by atoms with van der Waals surface area (Å²) in [6, 6.07) is 0. The van der Waals surface area contributed by atoms with Gasteiger partial charge in [0.2, 0.25) is 0 Å². The summed E-state index contributed by atoms with van der Waals surface area (Å²) in [4.78, 5) is 0. The van der Waals surface area contributed by atoms with Crippen molar-refractivity contribution in [2.75, 3.05) is 79.8 Å². The average Bonchev–Trinajstić information content (AvgIpc) is 2.59. The summed E-state index contributed by atoms with van der Waals surface area (Å²) in [6.07, 6.45) is 5.34. The topological polar surface area (TPSA) is 98.7 Å². The third kappa shape index (κ3) is 16.4. The molecule has 2 fully saturated rings. The monoisotopic (exact) mass is 412 g/mol. The first-order valence-corrected chi connectivity index (χ1v) is 11.4. The van der Waals surface area contributed by atoms with Crippen molar-refractivity contribution in [2.24, 2.45) is 0 Å². The van der Waals surface area contributed by atoms with E-state index in [1.807, 2.05) is 0 Å². The van der Waals surface area contributed by atoms with Gasteiger partial charge in [0, 0.05) is 10.4 Å². The minimum absolute atomic E-state index is 0.959. The summed E-state index contributed by atoms with van der Waals surface area (Å²) in [5.74, 6) is 0. The van der Waals surface area contributed by atoms with E-state index in [1.54, 1.807) is 0 Å². The van der Waals surface area contributed by atoms with Gasteiger partial charge in [0.15, 0.2) is 0 Å². The van der Waals surface area contributed by atoms with Crippen LogP contribution in [0.15, 0.2) is 0 Å². The SMILES string of the molecule is CCCC[N+]1(C)CCOCC1.CCCC[N+]1(C)CCOCC1.O=S(=O)([O-])[O-]. The first kappa shape index (κ1) is 26.7. The summed E-state index contributed by atoms with van der Waals surface area (Å²) in [6.45, 7) is 15.8. The summed E-state index contributed by atoms with van der Waals surface area (Å²) in [5.41, 5.74) is 0. The molecule has 0 spiro atoms. The molecular formula is C18H40N2O6S. The maximum Gasteiger partial charge on any atom is 0.102 e. The van der Waals surface area contributed by atoms with Gasteiger partial charge < -0.3 is 27.5 Å². The Morgan fingerprint density at radius 1 is 0.741 bits per heavy atom. The molecule has 2 heterocycles. The highest BCUT2D eigenvalue weighted by Crippen LogP contribution is 2.09. The summed E-state index contributed by atoms with van der Waals surface area (Å²) in [7, 11) is -0.476. The molecule has 0 aromatic rings. The van der Waals surface area contributed by atoms with E-state index in [4.69, 9.17) is 27.0 Å². The molecule has 0 amide bonds. The van der Waals surface area contributed by atoms with Crippen LogP contribution in [0.5, 0.6) is 0 Å². The lowest BCUT2D eigenvalue weighted by molar-refractivity contribution is -0.917. The molecule has 164 valence electrons. The van der Waals surface area contributed by atoms with Crippen LogP contribution in [-0.2, 0) is 19.9 Å². The van der Waals surface area contributed by atoms with Crippen molar-refractivity contribution < 1.29 is 36.0 Å². The molecule has 0 aromatic heterocycles. The van der Waals surface area contributed by atoms with Gasteiger partial charge in [-0.2, -0.15) is 0 Å². The van der Waals surface area contributed by atoms with Gasteiger partial charge in [-0.25, -0.2) is 0 Å². The van der Waals surface area contributed by atoms with Crippen molar-refractivity contribution in [2.45, 2.75) is 39.5 Å². The molecular weight excluding hydrogens is 372 g/mol. The van der Waals surface area contributed by atoms with Gasteiger partial charge in [-0.15, -0.1) is 0 Å². The van der Waals surface area contributed by atoms with E-state index in [0.29, 0.717) is 0 Å². The number of nitrogens with zero attached hydrogens (tertiary/aromatic N) is 2. The smallest absolute Gasteiger partial charge is 0.102 e. The molecule has 2 aliphatic heterocycles. The van der Waals surface area contributed by atoms with E-state index in [1.165, 1.54) is 73.9 Å². The van der Waals surface area contributed by atoms with Crippen molar-refractivity contribution in [1.82, 2.24) is 0 Å². The molecule has 0 atom stereocenters. The second kappa shape index (κ2) is 13.8. The van der Waals surface area contributed by atoms with E-state index in [9.17, 15) is 0 Å². The fourth-order valence-corrected chi connectivity index (χ4v) is 3.09. The maximum atomic E-state index is 8.52. The molecule has 2 saturated heterocycles. The van der Waals surface area contributed by atoms with E-state index < -0.39 is 10.4 Å². The highest BCUT2D eigenvalue weighted by Gasteiger charge is 2.24. The van der Waals surface area contributed by atoms with Crippen molar-refractivity contribution in [3.8, 4) is 0 Å². The summed E-state index contributed by atoms with van der Waals surface area (Å²) < 4.78 is 47.2. The van der Waals surface area contributed by atoms with Gasteiger partial charge >= 0.3 is 0 Å². The van der Waals surface area contributed by atoms with Gasteiger partial charge in [0.05, 0.1) is 53.6 Å². The number of hydrogen-bond acceptors (Lipinski definition) is 6. The van der Waals surface area contributed by atoms with Crippen molar-refractivity contribution in [3.63, 3.8) is 0 Å². The normalized spacial score (nSPS) is 21.3. The first-order valence-electron chi connectivity index (χ1n) is 10.0. The number of ether oxygens (including phenoxy) is 2. The van der Waals surface area contributed by atoms with Gasteiger partial charge in [-0.1, -0.05) is 26.7 Å². The van der Waals surface area contributed by atoms with Crippen LogP contribution < -0.4 is 0 Å². The number of likely N-dealkylation sites (N-methyl/N-ethyl adjacent to an activating group) is 2. The average molecular weight is 413 g/mol. The van der Waals surface area contributed by atoms with Crippen LogP contribution in [0.3, 0.4) is 0 Å². The molecule has 2 rings (SSSR count). The lowest BCUT2D eigenvalue weighted by Gasteiger charge is -2.37. The standard InChI is InChI=1S/2C9H20NO.H2O4S/c2*1-3-4-5-10(2)6-8-11-9-7-10;1-5(2,3)4/h2*3-9H2,1-2H3;(H2,1,2,3,4)/q2*+1;/p-2. The minimum Gasteiger partial charge on any atom is -0.759 e. The van der Waals surface area contributed by atoms with Crippen LogP contribution in [0, 0.1) is 0 Å². The molecule has 0 radical (unpaired) electrons. The molecule has 8 nitrogen and oxygen atoms in total. The van der Waals surface area contributed by atoms with Crippen LogP contribution in [0.1, 0.15) is 39.5 Å². The Morgan fingerprint density at radius 3 is 1.22 bits per heavy atom. The molecule has 0 saturated carbocycles. The number of hydrogen-bond donors (Lipinski definition) is 0. The van der Waals surface area contributed by atoms with Gasteiger partial charge in [-0.05, 0) is 12.8 Å². The zero-order valence-electron chi connectivity index (χ0n) is 17.7. The largest absolute Gasteiger partial charge is 0.759 e. The number of quaternary nitrogens is 2. The maximum absolute atomic E-state index is 8.52. The molecule has 0 bridgehead atoms. The van der Waals surface area contributed by atoms with Gasteiger partial charge in [0.25, 0.3) is 0 Å². The van der Waals surface area contributed by atoms with Crippen LogP contribution >= 0.6 is 0 Å². The van der Waals surface area contributed by atoms with Crippen LogP contribution in [-0.4, -0.2) is 106 Å². The summed E-state index contributed by atoms with van der Waals surface area (Å²) >= 11 is 0. The molecule has 0 N–H and O–H groups in total. The lowest BCUT2D eigenvalue weighted by Crippen LogP contribution is -2.52. The predicted molar refractivity (Wildman–Crippen MR) is 103 cm³/mol. The Balaban J connectivity index is 0.000000405. The first-order chi connectivity index (χ1) is 12.5. The number of rotatable bonds is 6. The minimum atomic E-state index is -5.17. The zero-order valence-corrected chi connectivity index (χ0v) is 18.5. The second-order valence-corrected chi connectivity index (χ2v) is 8.74. The Hall–Kier alpha value is -0.290. The van der Waals surface area contributed by atoms with Crippen LogP contribution in [0.2, 0.25) is 0 Å². The van der Waals surface area contributed by atoms with Crippen molar-refractivity contribution >= 4 is 10.4 Å². The molecule has 2 aliphatic rings. The molecule has 0 aliphatic carbocycles. The van der Waals surface area contributed by atoms with E-state index in [0.717, 1.165) is 26.4 Å².